The summed E-state index contributed by atoms with van der Waals surface area (Å²) in [7, 11) is 4.08. The van der Waals surface area contributed by atoms with Gasteiger partial charge in [0, 0.05) is 24.3 Å². The molecule has 0 radical (unpaired) electrons. The molecule has 1 rings (SSSR count). The average Bonchev–Trinajstić information content (AvgIpc) is 2.34. The number of hydrogen-bond acceptors (Lipinski definition) is 5. The van der Waals surface area contributed by atoms with Gasteiger partial charge < -0.3 is 15.0 Å². The van der Waals surface area contributed by atoms with Crippen LogP contribution in [0.1, 0.15) is 33.4 Å². The van der Waals surface area contributed by atoms with Crippen molar-refractivity contribution >= 4 is 0 Å². The first kappa shape index (κ1) is 15.9. The Morgan fingerprint density at radius 1 is 1.32 bits per heavy atom. The van der Waals surface area contributed by atoms with Gasteiger partial charge in [-0.2, -0.15) is 0 Å². The summed E-state index contributed by atoms with van der Waals surface area (Å²) >= 11 is 0. The molecule has 0 aliphatic rings. The van der Waals surface area contributed by atoms with E-state index in [-0.39, 0.29) is 5.54 Å². The number of aromatic nitrogens is 2. The molecule has 0 atom stereocenters. The van der Waals surface area contributed by atoms with Crippen LogP contribution in [0, 0.1) is 0 Å². The minimum absolute atomic E-state index is 0.0339. The molecule has 5 heteroatoms. The predicted molar refractivity (Wildman–Crippen MR) is 77.3 cm³/mol. The molecule has 5 nitrogen and oxygen atoms in total. The highest BCUT2D eigenvalue weighted by Gasteiger charge is 2.21. The Hall–Kier alpha value is -1.20. The summed E-state index contributed by atoms with van der Waals surface area (Å²) in [5, 5.41) is 3.31. The van der Waals surface area contributed by atoms with E-state index in [0.29, 0.717) is 25.1 Å². The van der Waals surface area contributed by atoms with Gasteiger partial charge >= 0.3 is 0 Å². The molecule has 1 N–H and O–H groups in total. The second kappa shape index (κ2) is 6.82. The van der Waals surface area contributed by atoms with Crippen molar-refractivity contribution in [2.75, 3.05) is 20.7 Å². The Morgan fingerprint density at radius 3 is 2.58 bits per heavy atom. The molecule has 0 spiro atoms. The van der Waals surface area contributed by atoms with Crippen molar-refractivity contribution in [2.45, 2.75) is 45.8 Å². The molecule has 19 heavy (non-hydrogen) atoms. The summed E-state index contributed by atoms with van der Waals surface area (Å²) in [5.74, 6) is 0.581. The van der Waals surface area contributed by atoms with E-state index in [1.54, 1.807) is 12.4 Å². The Labute approximate surface area is 116 Å². The summed E-state index contributed by atoms with van der Waals surface area (Å²) in [5.41, 5.74) is 0.863. The van der Waals surface area contributed by atoms with E-state index in [2.05, 4.69) is 47.9 Å². The summed E-state index contributed by atoms with van der Waals surface area (Å²) < 4.78 is 5.74. The lowest BCUT2D eigenvalue weighted by Crippen LogP contribution is -2.43. The first-order valence-electron chi connectivity index (χ1n) is 6.66. The lowest BCUT2D eigenvalue weighted by molar-refractivity contribution is 0.110. The van der Waals surface area contributed by atoms with Crippen LogP contribution in [0.25, 0.3) is 0 Å². The van der Waals surface area contributed by atoms with E-state index in [0.717, 1.165) is 5.69 Å². The van der Waals surface area contributed by atoms with Gasteiger partial charge in [-0.05, 0) is 27.9 Å². The van der Waals surface area contributed by atoms with Crippen molar-refractivity contribution < 1.29 is 4.74 Å². The summed E-state index contributed by atoms with van der Waals surface area (Å²) in [6.07, 6.45) is 3.42. The highest BCUT2D eigenvalue weighted by atomic mass is 16.5. The topological polar surface area (TPSA) is 50.3 Å². The zero-order valence-electron chi connectivity index (χ0n) is 12.9. The molecule has 1 aromatic rings. The van der Waals surface area contributed by atoms with Gasteiger partial charge in [0.2, 0.25) is 5.88 Å². The first-order chi connectivity index (χ1) is 8.81. The maximum absolute atomic E-state index is 5.74. The highest BCUT2D eigenvalue weighted by molar-refractivity contribution is 5.08. The number of nitrogens with zero attached hydrogens (tertiary/aromatic N) is 3. The van der Waals surface area contributed by atoms with Crippen LogP contribution in [0.2, 0.25) is 0 Å². The van der Waals surface area contributed by atoms with Crippen LogP contribution in [0.15, 0.2) is 12.4 Å². The zero-order chi connectivity index (χ0) is 14.5. The van der Waals surface area contributed by atoms with Gasteiger partial charge in [-0.1, -0.05) is 13.8 Å². The maximum atomic E-state index is 5.74. The highest BCUT2D eigenvalue weighted by Crippen LogP contribution is 2.13. The van der Waals surface area contributed by atoms with Crippen LogP contribution < -0.4 is 10.1 Å². The van der Waals surface area contributed by atoms with Crippen molar-refractivity contribution in [3.05, 3.63) is 18.1 Å². The number of nitrogens with one attached hydrogen (secondary N) is 1. The van der Waals surface area contributed by atoms with Gasteiger partial charge in [0.1, 0.15) is 6.61 Å². The molecular weight excluding hydrogens is 240 g/mol. The molecule has 0 amide bonds. The quantitative estimate of drug-likeness (QED) is 0.814. The number of ether oxygens (including phenoxy) is 1. The van der Waals surface area contributed by atoms with E-state index in [1.165, 1.54) is 0 Å². The number of likely N-dealkylation sites (N-methyl/N-ethyl adjacent to an activating group) is 1. The Bertz CT molecular complexity index is 391. The third kappa shape index (κ3) is 5.53. The van der Waals surface area contributed by atoms with E-state index >= 15 is 0 Å². The second-order valence-corrected chi connectivity index (χ2v) is 5.88. The van der Waals surface area contributed by atoms with Crippen molar-refractivity contribution in [3.8, 4) is 5.88 Å². The molecule has 0 aliphatic heterocycles. The van der Waals surface area contributed by atoms with Crippen molar-refractivity contribution in [3.63, 3.8) is 0 Å². The van der Waals surface area contributed by atoms with Crippen LogP contribution in [0.4, 0.5) is 0 Å². The predicted octanol–water partition coefficient (Wildman–Crippen LogP) is 1.69. The van der Waals surface area contributed by atoms with E-state index in [1.807, 2.05) is 14.1 Å². The van der Waals surface area contributed by atoms with Crippen LogP contribution in [0.3, 0.4) is 0 Å². The molecule has 1 heterocycles. The van der Waals surface area contributed by atoms with E-state index < -0.39 is 0 Å². The molecule has 1 aromatic heterocycles. The van der Waals surface area contributed by atoms with Crippen LogP contribution in [0.5, 0.6) is 5.88 Å². The molecule has 0 bridgehead atoms. The van der Waals surface area contributed by atoms with E-state index in [4.69, 9.17) is 4.74 Å². The van der Waals surface area contributed by atoms with Crippen LogP contribution in [-0.4, -0.2) is 47.2 Å². The summed E-state index contributed by atoms with van der Waals surface area (Å²) in [6, 6.07) is 0.430. The fourth-order valence-electron chi connectivity index (χ4n) is 1.23. The summed E-state index contributed by atoms with van der Waals surface area (Å²) in [6.45, 7) is 9.75. The lowest BCUT2D eigenvalue weighted by Gasteiger charge is -2.31. The third-order valence-corrected chi connectivity index (χ3v) is 3.14. The van der Waals surface area contributed by atoms with Gasteiger partial charge in [-0.25, -0.2) is 4.98 Å². The molecule has 0 aliphatic carbocycles. The van der Waals surface area contributed by atoms with E-state index in [9.17, 15) is 0 Å². The average molecular weight is 266 g/mol. The van der Waals surface area contributed by atoms with Crippen LogP contribution >= 0.6 is 0 Å². The van der Waals surface area contributed by atoms with Gasteiger partial charge in [0.15, 0.2) is 0 Å². The normalized spacial score (nSPS) is 12.2. The largest absolute Gasteiger partial charge is 0.475 e. The molecule has 108 valence electrons. The van der Waals surface area contributed by atoms with Gasteiger partial charge in [-0.3, -0.25) is 4.98 Å². The molecular formula is C14H26N4O. The third-order valence-electron chi connectivity index (χ3n) is 3.14. The minimum atomic E-state index is -0.0339. The van der Waals surface area contributed by atoms with Crippen molar-refractivity contribution in [2.24, 2.45) is 0 Å². The Balaban J connectivity index is 2.57. The van der Waals surface area contributed by atoms with Gasteiger partial charge in [-0.15, -0.1) is 0 Å². The molecule has 0 unspecified atom stereocenters. The smallest absolute Gasteiger partial charge is 0.232 e. The molecule has 0 saturated carbocycles. The van der Waals surface area contributed by atoms with Crippen molar-refractivity contribution in [1.82, 2.24) is 20.2 Å². The minimum Gasteiger partial charge on any atom is -0.475 e. The lowest BCUT2D eigenvalue weighted by atomic mass is 10.1. The zero-order valence-corrected chi connectivity index (χ0v) is 12.9. The number of rotatable bonds is 7. The molecule has 0 saturated heterocycles. The second-order valence-electron chi connectivity index (χ2n) is 5.88. The molecule has 0 fully saturated rings. The number of hydrogen-bond donors (Lipinski definition) is 1. The monoisotopic (exact) mass is 266 g/mol. The van der Waals surface area contributed by atoms with Gasteiger partial charge in [0.05, 0.1) is 11.9 Å². The first-order valence-corrected chi connectivity index (χ1v) is 6.66. The van der Waals surface area contributed by atoms with Crippen molar-refractivity contribution in [1.29, 1.82) is 0 Å². The Kier molecular flexibility index (Phi) is 5.69. The SMILES string of the molecule is CC(C)NCc1cncc(OCC(C)(C)N(C)C)n1. The Morgan fingerprint density at radius 2 is 2.00 bits per heavy atom. The summed E-state index contributed by atoms with van der Waals surface area (Å²) in [4.78, 5) is 10.7. The van der Waals surface area contributed by atoms with Crippen LogP contribution in [-0.2, 0) is 6.54 Å². The maximum Gasteiger partial charge on any atom is 0.232 e. The van der Waals surface area contributed by atoms with Gasteiger partial charge in [0.25, 0.3) is 0 Å². The molecule has 0 aromatic carbocycles. The fourth-order valence-corrected chi connectivity index (χ4v) is 1.23. The fraction of sp³-hybridized carbons (Fsp3) is 0.714. The standard InChI is InChI=1S/C14H26N4O/c1-11(2)16-8-12-7-15-9-13(17-12)19-10-14(3,4)18(5)6/h7,9,11,16H,8,10H2,1-6H3.